The first-order chi connectivity index (χ1) is 7.70. The molecule has 100 valence electrons. The first-order valence-corrected chi connectivity index (χ1v) is 6.75. The summed E-state index contributed by atoms with van der Waals surface area (Å²) >= 11 is 0. The maximum atomic E-state index is 12.2. The van der Waals surface area contributed by atoms with Gasteiger partial charge in [-0.05, 0) is 31.6 Å². The van der Waals surface area contributed by atoms with Crippen molar-refractivity contribution in [3.8, 4) is 0 Å². The fourth-order valence-electron chi connectivity index (χ4n) is 2.74. The highest BCUT2D eigenvalue weighted by molar-refractivity contribution is 5.81. The molecule has 0 aromatic rings. The summed E-state index contributed by atoms with van der Waals surface area (Å²) < 4.78 is 0. The van der Waals surface area contributed by atoms with Crippen LogP contribution in [0.4, 0.5) is 0 Å². The van der Waals surface area contributed by atoms with E-state index in [2.05, 4.69) is 33.0 Å². The van der Waals surface area contributed by atoms with Crippen LogP contribution in [-0.4, -0.2) is 36.0 Å². The third kappa shape index (κ3) is 2.35. The lowest BCUT2D eigenvalue weighted by molar-refractivity contribution is -0.132. The Kier molecular flexibility index (Phi) is 3.92. The summed E-state index contributed by atoms with van der Waals surface area (Å²) in [5, 5.41) is 3.49. The molecule has 0 saturated heterocycles. The minimum atomic E-state index is -0.0825. The number of amides is 1. The molecule has 0 aromatic heterocycles. The van der Waals surface area contributed by atoms with E-state index in [-0.39, 0.29) is 22.8 Å². The summed E-state index contributed by atoms with van der Waals surface area (Å²) in [5.41, 5.74) is 0.565. The molecule has 0 aromatic carbocycles. The number of carbonyl (C=O) groups excluding carboxylic acids is 1. The van der Waals surface area contributed by atoms with Crippen molar-refractivity contribution in [1.29, 1.82) is 0 Å². The molecule has 1 atom stereocenters. The topological polar surface area (TPSA) is 32.3 Å². The van der Waals surface area contributed by atoms with Crippen LogP contribution in [0.3, 0.4) is 0 Å². The molecule has 17 heavy (non-hydrogen) atoms. The van der Waals surface area contributed by atoms with E-state index < -0.39 is 0 Å². The number of nitrogens with one attached hydrogen (secondary N) is 1. The van der Waals surface area contributed by atoms with Gasteiger partial charge in [0.25, 0.3) is 0 Å². The third-order valence-corrected chi connectivity index (χ3v) is 4.88. The van der Waals surface area contributed by atoms with Gasteiger partial charge in [-0.2, -0.15) is 0 Å². The van der Waals surface area contributed by atoms with Crippen LogP contribution in [-0.2, 0) is 4.79 Å². The highest BCUT2D eigenvalue weighted by Crippen LogP contribution is 2.62. The zero-order valence-electron chi connectivity index (χ0n) is 12.4. The van der Waals surface area contributed by atoms with Gasteiger partial charge >= 0.3 is 0 Å². The molecular formula is C14H28N2O. The second-order valence-electron chi connectivity index (χ2n) is 6.28. The Bertz CT molecular complexity index is 279. The van der Waals surface area contributed by atoms with E-state index in [4.69, 9.17) is 0 Å². The maximum Gasteiger partial charge on any atom is 0.239 e. The lowest BCUT2D eigenvalue weighted by atomic mass is 10.0. The Morgan fingerprint density at radius 2 is 1.59 bits per heavy atom. The third-order valence-electron chi connectivity index (χ3n) is 4.88. The molecule has 0 radical (unpaired) electrons. The smallest absolute Gasteiger partial charge is 0.239 e. The molecule has 1 fully saturated rings. The normalized spacial score (nSPS) is 23.2. The van der Waals surface area contributed by atoms with Crippen LogP contribution < -0.4 is 5.32 Å². The van der Waals surface area contributed by atoms with E-state index in [9.17, 15) is 4.79 Å². The quantitative estimate of drug-likeness (QED) is 0.799. The van der Waals surface area contributed by atoms with Gasteiger partial charge in [-0.1, -0.05) is 27.7 Å². The van der Waals surface area contributed by atoms with Gasteiger partial charge in [-0.3, -0.25) is 4.79 Å². The van der Waals surface area contributed by atoms with Crippen LogP contribution in [0.25, 0.3) is 0 Å². The minimum Gasteiger partial charge on any atom is -0.342 e. The maximum absolute atomic E-state index is 12.2. The molecule has 3 heteroatoms. The predicted octanol–water partition coefficient (Wildman–Crippen LogP) is 2.27. The van der Waals surface area contributed by atoms with Gasteiger partial charge in [0.05, 0.1) is 6.04 Å². The summed E-state index contributed by atoms with van der Waals surface area (Å²) in [6.45, 7) is 16.7. The van der Waals surface area contributed by atoms with Gasteiger partial charge in [0.15, 0.2) is 0 Å². The molecule has 3 nitrogen and oxygen atoms in total. The summed E-state index contributed by atoms with van der Waals surface area (Å²) in [6, 6.07) is 0.352. The molecule has 1 N–H and O–H groups in total. The lowest BCUT2D eigenvalue weighted by Gasteiger charge is -2.24. The first kappa shape index (κ1) is 14.5. The molecule has 0 aliphatic heterocycles. The summed E-state index contributed by atoms with van der Waals surface area (Å²) in [6.07, 6.45) is 0. The number of hydrogen-bond acceptors (Lipinski definition) is 2. The van der Waals surface area contributed by atoms with Gasteiger partial charge in [-0.15, -0.1) is 0 Å². The standard InChI is InChI=1S/C14H28N2O/c1-8-16(9-2)11(17)10(3)15-12-13(4,5)14(12,6)7/h10,12,15H,8-9H2,1-7H3. The summed E-state index contributed by atoms with van der Waals surface area (Å²) in [7, 11) is 0. The second-order valence-corrected chi connectivity index (χ2v) is 6.28. The van der Waals surface area contributed by atoms with Crippen molar-refractivity contribution in [3.63, 3.8) is 0 Å². The van der Waals surface area contributed by atoms with Gasteiger partial charge < -0.3 is 10.2 Å². The number of rotatable bonds is 5. The van der Waals surface area contributed by atoms with Crippen molar-refractivity contribution in [2.75, 3.05) is 13.1 Å². The van der Waals surface area contributed by atoms with E-state index in [0.29, 0.717) is 6.04 Å². The lowest BCUT2D eigenvalue weighted by Crippen LogP contribution is -2.46. The van der Waals surface area contributed by atoms with E-state index in [1.165, 1.54) is 0 Å². The molecule has 1 rings (SSSR count). The van der Waals surface area contributed by atoms with Crippen LogP contribution in [0.2, 0.25) is 0 Å². The predicted molar refractivity (Wildman–Crippen MR) is 71.9 cm³/mol. The van der Waals surface area contributed by atoms with Gasteiger partial charge in [0.1, 0.15) is 0 Å². The van der Waals surface area contributed by atoms with Gasteiger partial charge in [0.2, 0.25) is 5.91 Å². The van der Waals surface area contributed by atoms with Crippen LogP contribution in [0.5, 0.6) is 0 Å². The van der Waals surface area contributed by atoms with Gasteiger partial charge in [0, 0.05) is 19.1 Å². The van der Waals surface area contributed by atoms with Crippen molar-refractivity contribution in [2.24, 2.45) is 10.8 Å². The highest BCUT2D eigenvalue weighted by atomic mass is 16.2. The van der Waals surface area contributed by atoms with E-state index in [1.807, 2.05) is 25.7 Å². The zero-order chi connectivity index (χ0) is 13.4. The van der Waals surface area contributed by atoms with Crippen LogP contribution in [0.1, 0.15) is 48.5 Å². The number of nitrogens with zero attached hydrogens (tertiary/aromatic N) is 1. The van der Waals surface area contributed by atoms with Crippen molar-refractivity contribution in [2.45, 2.75) is 60.5 Å². The van der Waals surface area contributed by atoms with Gasteiger partial charge in [-0.25, -0.2) is 0 Å². The zero-order valence-corrected chi connectivity index (χ0v) is 12.4. The Morgan fingerprint density at radius 3 is 1.88 bits per heavy atom. The number of carbonyl (C=O) groups is 1. The van der Waals surface area contributed by atoms with Crippen LogP contribution in [0, 0.1) is 10.8 Å². The monoisotopic (exact) mass is 240 g/mol. The molecule has 1 aliphatic carbocycles. The number of likely N-dealkylation sites (N-methyl/N-ethyl adjacent to an activating group) is 1. The van der Waals surface area contributed by atoms with Crippen LogP contribution >= 0.6 is 0 Å². The van der Waals surface area contributed by atoms with Crippen molar-refractivity contribution < 1.29 is 4.79 Å². The Balaban J connectivity index is 2.57. The molecule has 1 amide bonds. The molecule has 0 spiro atoms. The molecule has 0 heterocycles. The molecule has 1 unspecified atom stereocenters. The summed E-state index contributed by atoms with van der Waals surface area (Å²) in [5.74, 6) is 0.216. The first-order valence-electron chi connectivity index (χ1n) is 6.75. The fourth-order valence-corrected chi connectivity index (χ4v) is 2.74. The largest absolute Gasteiger partial charge is 0.342 e. The van der Waals surface area contributed by atoms with E-state index in [1.54, 1.807) is 0 Å². The van der Waals surface area contributed by atoms with Crippen molar-refractivity contribution in [1.82, 2.24) is 10.2 Å². The SMILES string of the molecule is CCN(CC)C(=O)C(C)NC1C(C)(C)C1(C)C. The molecule has 1 aliphatic rings. The average Bonchev–Trinajstić information content (AvgIpc) is 2.62. The average molecular weight is 240 g/mol. The molecule has 0 bridgehead atoms. The Hall–Kier alpha value is -0.570. The summed E-state index contributed by atoms with van der Waals surface area (Å²) in [4.78, 5) is 14.0. The number of hydrogen-bond donors (Lipinski definition) is 1. The van der Waals surface area contributed by atoms with Crippen molar-refractivity contribution >= 4 is 5.91 Å². The Labute approximate surface area is 106 Å². The minimum absolute atomic E-state index is 0.0825. The molecule has 1 saturated carbocycles. The fraction of sp³-hybridized carbons (Fsp3) is 0.929. The van der Waals surface area contributed by atoms with Crippen molar-refractivity contribution in [3.05, 3.63) is 0 Å². The molecular weight excluding hydrogens is 212 g/mol. The van der Waals surface area contributed by atoms with Crippen LogP contribution in [0.15, 0.2) is 0 Å². The second kappa shape index (κ2) is 4.60. The highest BCUT2D eigenvalue weighted by Gasteiger charge is 2.65. The van der Waals surface area contributed by atoms with E-state index in [0.717, 1.165) is 13.1 Å². The van der Waals surface area contributed by atoms with E-state index >= 15 is 0 Å². The Morgan fingerprint density at radius 1 is 1.18 bits per heavy atom.